The van der Waals surface area contributed by atoms with Gasteiger partial charge in [-0.05, 0) is 31.2 Å². The molecule has 5 nitrogen and oxygen atoms in total. The highest BCUT2D eigenvalue weighted by atomic mass is 32.2. The topological polar surface area (TPSA) is 66.9 Å². The number of carbonyl (C=O) groups is 1. The molecule has 27 heavy (non-hydrogen) atoms. The molecule has 0 saturated heterocycles. The van der Waals surface area contributed by atoms with Crippen LogP contribution >= 0.6 is 23.1 Å². The van der Waals surface area contributed by atoms with Crippen molar-refractivity contribution in [3.05, 3.63) is 59.7 Å². The number of thioether (sulfide) groups is 1. The van der Waals surface area contributed by atoms with Crippen LogP contribution in [-0.4, -0.2) is 16.1 Å². The van der Waals surface area contributed by atoms with Crippen LogP contribution < -0.4 is 10.6 Å². The van der Waals surface area contributed by atoms with Gasteiger partial charge >= 0.3 is 0 Å². The van der Waals surface area contributed by atoms with Gasteiger partial charge in [-0.3, -0.25) is 4.79 Å². The Kier molecular flexibility index (Phi) is 6.02. The molecule has 1 aromatic heterocycles. The predicted octanol–water partition coefficient (Wildman–Crippen LogP) is 5.37. The van der Waals surface area contributed by atoms with Crippen molar-refractivity contribution in [2.45, 2.75) is 23.4 Å². The first-order chi connectivity index (χ1) is 12.9. The van der Waals surface area contributed by atoms with Crippen LogP contribution in [0.5, 0.6) is 0 Å². The zero-order chi connectivity index (χ0) is 19.4. The van der Waals surface area contributed by atoms with E-state index in [9.17, 15) is 13.6 Å². The number of amides is 1. The number of nitrogens with zero attached hydrogens (tertiary/aromatic N) is 2. The Balaban J connectivity index is 1.67. The fourth-order valence-corrected chi connectivity index (χ4v) is 4.42. The average Bonchev–Trinajstić information content (AvgIpc) is 3.01. The lowest BCUT2D eigenvalue weighted by Gasteiger charge is -2.10. The van der Waals surface area contributed by atoms with Crippen molar-refractivity contribution in [3.63, 3.8) is 0 Å². The summed E-state index contributed by atoms with van der Waals surface area (Å²) in [6, 6.07) is 10.8. The van der Waals surface area contributed by atoms with E-state index in [1.807, 2.05) is 19.1 Å². The van der Waals surface area contributed by atoms with Gasteiger partial charge in [-0.1, -0.05) is 35.2 Å². The number of aromatic nitrogens is 2. The minimum Gasteiger partial charge on any atom is -0.330 e. The first-order valence-corrected chi connectivity index (χ1v) is 9.70. The maximum Gasteiger partial charge on any atom is 0.221 e. The minimum absolute atomic E-state index is 0.149. The van der Waals surface area contributed by atoms with Crippen molar-refractivity contribution < 1.29 is 13.6 Å². The molecule has 3 aromatic rings. The lowest BCUT2D eigenvalue weighted by atomic mass is 10.1. The van der Waals surface area contributed by atoms with Crippen LogP contribution in [0.3, 0.4) is 0 Å². The highest BCUT2D eigenvalue weighted by Crippen LogP contribution is 2.38. The van der Waals surface area contributed by atoms with Gasteiger partial charge in [0.2, 0.25) is 11.0 Å². The number of benzene rings is 2. The van der Waals surface area contributed by atoms with Crippen molar-refractivity contribution in [1.29, 1.82) is 0 Å². The van der Waals surface area contributed by atoms with Crippen LogP contribution in [0.2, 0.25) is 0 Å². The van der Waals surface area contributed by atoms with E-state index in [-0.39, 0.29) is 11.2 Å². The smallest absolute Gasteiger partial charge is 0.221 e. The van der Waals surface area contributed by atoms with Crippen LogP contribution in [0.1, 0.15) is 24.7 Å². The third-order valence-electron chi connectivity index (χ3n) is 3.52. The summed E-state index contributed by atoms with van der Waals surface area (Å²) in [5.41, 5.74) is 1.84. The molecule has 9 heteroatoms. The molecule has 140 valence electrons. The first-order valence-electron chi connectivity index (χ1n) is 8.00. The van der Waals surface area contributed by atoms with Gasteiger partial charge in [-0.15, -0.1) is 10.2 Å². The molecule has 0 aliphatic heterocycles. The fraction of sp³-hybridized carbons (Fsp3) is 0.167. The molecule has 0 aliphatic rings. The van der Waals surface area contributed by atoms with E-state index in [4.69, 9.17) is 0 Å². The Labute approximate surface area is 163 Å². The second-order valence-electron chi connectivity index (χ2n) is 5.69. The van der Waals surface area contributed by atoms with Crippen LogP contribution in [0.25, 0.3) is 0 Å². The first kappa shape index (κ1) is 19.2. The highest BCUT2D eigenvalue weighted by molar-refractivity contribution is 8.01. The summed E-state index contributed by atoms with van der Waals surface area (Å²) < 4.78 is 27.6. The zero-order valence-corrected chi connectivity index (χ0v) is 16.1. The Hall–Kier alpha value is -2.52. The summed E-state index contributed by atoms with van der Waals surface area (Å²) in [5.74, 6) is -1.33. The molecule has 0 spiro atoms. The molecule has 0 bridgehead atoms. The summed E-state index contributed by atoms with van der Waals surface area (Å²) in [4.78, 5) is 11.1. The summed E-state index contributed by atoms with van der Waals surface area (Å²) in [6.45, 7) is 3.27. The quantitative estimate of drug-likeness (QED) is 0.539. The van der Waals surface area contributed by atoms with Gasteiger partial charge in [0, 0.05) is 35.2 Å². The van der Waals surface area contributed by atoms with Gasteiger partial charge in [-0.25, -0.2) is 8.78 Å². The van der Waals surface area contributed by atoms with E-state index >= 15 is 0 Å². The van der Waals surface area contributed by atoms with E-state index < -0.39 is 11.6 Å². The van der Waals surface area contributed by atoms with Crippen molar-refractivity contribution in [2.24, 2.45) is 0 Å². The second-order valence-corrected chi connectivity index (χ2v) is 8.25. The zero-order valence-electron chi connectivity index (χ0n) is 14.5. The molecule has 0 fully saturated rings. The van der Waals surface area contributed by atoms with Crippen LogP contribution in [0.15, 0.2) is 46.8 Å². The standard InChI is InChI=1S/C18H16F2N4OS2/c1-10(15-7-6-12(19)8-16(15)20)26-18-24-23-17(27-18)22-14-5-3-4-13(9-14)21-11(2)25/h3-10H,1-2H3,(H,21,25)(H,22,23). The summed E-state index contributed by atoms with van der Waals surface area (Å²) in [6.07, 6.45) is 0. The normalized spacial score (nSPS) is 11.9. The highest BCUT2D eigenvalue weighted by Gasteiger charge is 2.16. The van der Waals surface area contributed by atoms with E-state index in [2.05, 4.69) is 20.8 Å². The SMILES string of the molecule is CC(=O)Nc1cccc(Nc2nnc(SC(C)c3ccc(F)cc3F)s2)c1. The largest absolute Gasteiger partial charge is 0.330 e. The molecule has 1 atom stereocenters. The Morgan fingerprint density at radius 1 is 1.15 bits per heavy atom. The summed E-state index contributed by atoms with van der Waals surface area (Å²) >= 11 is 2.67. The van der Waals surface area contributed by atoms with Gasteiger partial charge in [0.05, 0.1) is 0 Å². The van der Waals surface area contributed by atoms with Crippen LogP contribution in [-0.2, 0) is 4.79 Å². The number of nitrogens with one attached hydrogen (secondary N) is 2. The Morgan fingerprint density at radius 3 is 2.67 bits per heavy atom. The molecule has 1 amide bonds. The molecule has 0 aliphatic carbocycles. The van der Waals surface area contributed by atoms with E-state index in [1.165, 1.54) is 42.2 Å². The molecular weight excluding hydrogens is 390 g/mol. The molecule has 3 rings (SSSR count). The number of anilines is 3. The third-order valence-corrected chi connectivity index (χ3v) is 5.58. The van der Waals surface area contributed by atoms with Gasteiger partial charge in [0.25, 0.3) is 0 Å². The van der Waals surface area contributed by atoms with Crippen LogP contribution in [0.4, 0.5) is 25.3 Å². The molecule has 0 saturated carbocycles. The maximum absolute atomic E-state index is 13.9. The van der Waals surface area contributed by atoms with Crippen molar-refractivity contribution in [3.8, 4) is 0 Å². The van der Waals surface area contributed by atoms with Crippen molar-refractivity contribution in [2.75, 3.05) is 10.6 Å². The van der Waals surface area contributed by atoms with Gasteiger partial charge in [-0.2, -0.15) is 0 Å². The van der Waals surface area contributed by atoms with Crippen LogP contribution in [0, 0.1) is 11.6 Å². The number of halogens is 2. The molecule has 2 N–H and O–H groups in total. The third kappa shape index (κ3) is 5.24. The fourth-order valence-electron chi connectivity index (χ4n) is 2.36. The number of carbonyl (C=O) groups excluding carboxylic acids is 1. The molecule has 1 unspecified atom stereocenters. The Morgan fingerprint density at radius 2 is 1.93 bits per heavy atom. The average molecular weight is 406 g/mol. The van der Waals surface area contributed by atoms with E-state index in [0.717, 1.165) is 11.8 Å². The Bertz CT molecular complexity index is 964. The summed E-state index contributed by atoms with van der Waals surface area (Å²) in [5, 5.41) is 14.3. The maximum atomic E-state index is 13.9. The van der Waals surface area contributed by atoms with E-state index in [0.29, 0.717) is 20.7 Å². The van der Waals surface area contributed by atoms with Gasteiger partial charge in [0.1, 0.15) is 11.6 Å². The summed E-state index contributed by atoms with van der Waals surface area (Å²) in [7, 11) is 0. The number of hydrogen-bond donors (Lipinski definition) is 2. The lowest BCUT2D eigenvalue weighted by molar-refractivity contribution is -0.114. The van der Waals surface area contributed by atoms with Gasteiger partial charge < -0.3 is 10.6 Å². The lowest BCUT2D eigenvalue weighted by Crippen LogP contribution is -2.05. The molecule has 0 radical (unpaired) electrons. The second kappa shape index (κ2) is 8.45. The minimum atomic E-state index is -0.600. The van der Waals surface area contributed by atoms with Crippen molar-refractivity contribution in [1.82, 2.24) is 10.2 Å². The molecule has 1 heterocycles. The van der Waals surface area contributed by atoms with E-state index in [1.54, 1.807) is 12.1 Å². The number of hydrogen-bond acceptors (Lipinski definition) is 6. The van der Waals surface area contributed by atoms with Crippen molar-refractivity contribution >= 4 is 45.5 Å². The molecule has 2 aromatic carbocycles. The molecular formula is C18H16F2N4OS2. The van der Waals surface area contributed by atoms with Gasteiger partial charge in [0.15, 0.2) is 4.34 Å². The predicted molar refractivity (Wildman–Crippen MR) is 105 cm³/mol. The monoisotopic (exact) mass is 406 g/mol. The number of rotatable bonds is 6.